The predicted molar refractivity (Wildman–Crippen MR) is 163 cm³/mol. The number of para-hydroxylation sites is 1. The first-order chi connectivity index (χ1) is 18.2. The highest BCUT2D eigenvalue weighted by Gasteiger charge is 2.07. The average molecular weight is 708 g/mol. The van der Waals surface area contributed by atoms with Gasteiger partial charge in [-0.2, -0.15) is 0 Å². The van der Waals surface area contributed by atoms with E-state index in [0.717, 1.165) is 38.3 Å². The zero-order valence-corrected chi connectivity index (χ0v) is 24.0. The molecule has 6 rings (SSSR count). The van der Waals surface area contributed by atoms with Crippen LogP contribution in [0.4, 0.5) is 0 Å². The van der Waals surface area contributed by atoms with Gasteiger partial charge in [0.25, 0.3) is 0 Å². The minimum atomic E-state index is 0.749. The lowest BCUT2D eigenvalue weighted by molar-refractivity contribution is 0.648. The third-order valence-electron chi connectivity index (χ3n) is 5.56. The van der Waals surface area contributed by atoms with E-state index in [2.05, 4.69) is 84.0 Å². The van der Waals surface area contributed by atoms with Crippen LogP contribution < -0.4 is 0 Å². The normalized spacial score (nSPS) is 10.5. The van der Waals surface area contributed by atoms with E-state index < -0.39 is 0 Å². The van der Waals surface area contributed by atoms with Crippen molar-refractivity contribution < 1.29 is 0 Å². The van der Waals surface area contributed by atoms with Crippen molar-refractivity contribution in [1.29, 1.82) is 0 Å². The van der Waals surface area contributed by atoms with Crippen molar-refractivity contribution in [2.45, 2.75) is 6.54 Å². The number of aromatic nitrogens is 6. The van der Waals surface area contributed by atoms with Gasteiger partial charge >= 0.3 is 0 Å². The van der Waals surface area contributed by atoms with Crippen LogP contribution in [0.1, 0.15) is 5.56 Å². The molecule has 8 heteroatoms. The maximum absolute atomic E-state index is 4.22. The minimum absolute atomic E-state index is 0.749. The number of halogens is 2. The van der Waals surface area contributed by atoms with Gasteiger partial charge in [-0.15, -0.1) is 10.2 Å². The molecule has 37 heavy (non-hydrogen) atoms. The van der Waals surface area contributed by atoms with E-state index in [0.29, 0.717) is 0 Å². The SMILES string of the molecule is Ic1ccccc1-n1cc(-c2ccccc2)nn1.Ic1ccccc1Cn1cc(-c2ccccc2)nn1. The Morgan fingerprint density at radius 3 is 1.73 bits per heavy atom. The molecule has 4 aromatic carbocycles. The summed E-state index contributed by atoms with van der Waals surface area (Å²) < 4.78 is 6.08. The molecule has 0 amide bonds. The molecule has 0 fully saturated rings. The Balaban J connectivity index is 0.000000152. The molecule has 0 spiro atoms. The van der Waals surface area contributed by atoms with Crippen LogP contribution in [-0.2, 0) is 6.54 Å². The summed E-state index contributed by atoms with van der Waals surface area (Å²) in [7, 11) is 0. The van der Waals surface area contributed by atoms with Crippen LogP contribution in [0.2, 0.25) is 0 Å². The number of nitrogens with zero attached hydrogens (tertiary/aromatic N) is 6. The summed E-state index contributed by atoms with van der Waals surface area (Å²) in [5.41, 5.74) is 6.27. The zero-order chi connectivity index (χ0) is 25.5. The fraction of sp³-hybridized carbons (Fsp3) is 0.0345. The molecule has 0 aliphatic rings. The summed E-state index contributed by atoms with van der Waals surface area (Å²) in [5, 5.41) is 16.8. The molecular weight excluding hydrogens is 686 g/mol. The van der Waals surface area contributed by atoms with Crippen molar-refractivity contribution in [3.63, 3.8) is 0 Å². The molecule has 0 saturated heterocycles. The molecule has 0 saturated carbocycles. The van der Waals surface area contributed by atoms with Crippen molar-refractivity contribution in [1.82, 2.24) is 30.0 Å². The van der Waals surface area contributed by atoms with Gasteiger partial charge < -0.3 is 0 Å². The Morgan fingerprint density at radius 2 is 1.08 bits per heavy atom. The van der Waals surface area contributed by atoms with E-state index in [9.17, 15) is 0 Å². The molecule has 0 N–H and O–H groups in total. The lowest BCUT2D eigenvalue weighted by Crippen LogP contribution is -2.01. The highest BCUT2D eigenvalue weighted by atomic mass is 127. The Kier molecular flexibility index (Phi) is 8.36. The van der Waals surface area contributed by atoms with E-state index in [1.807, 2.05) is 113 Å². The molecule has 2 aromatic heterocycles. The zero-order valence-electron chi connectivity index (χ0n) is 19.7. The summed E-state index contributed by atoms with van der Waals surface area (Å²) in [5.74, 6) is 0. The summed E-state index contributed by atoms with van der Waals surface area (Å²) in [6.07, 6.45) is 3.94. The van der Waals surface area contributed by atoms with Gasteiger partial charge in [0.2, 0.25) is 0 Å². The fourth-order valence-electron chi connectivity index (χ4n) is 3.68. The first-order valence-electron chi connectivity index (χ1n) is 11.6. The van der Waals surface area contributed by atoms with E-state index in [4.69, 9.17) is 0 Å². The van der Waals surface area contributed by atoms with Crippen LogP contribution in [0, 0.1) is 7.14 Å². The van der Waals surface area contributed by atoms with E-state index >= 15 is 0 Å². The van der Waals surface area contributed by atoms with Crippen LogP contribution in [0.5, 0.6) is 0 Å². The summed E-state index contributed by atoms with van der Waals surface area (Å²) >= 11 is 4.64. The van der Waals surface area contributed by atoms with Crippen molar-refractivity contribution in [3.8, 4) is 28.2 Å². The quantitative estimate of drug-likeness (QED) is 0.179. The molecule has 0 radical (unpaired) electrons. The second kappa shape index (κ2) is 12.2. The topological polar surface area (TPSA) is 61.4 Å². The Labute approximate surface area is 242 Å². The number of hydrogen-bond acceptors (Lipinski definition) is 4. The van der Waals surface area contributed by atoms with Crippen LogP contribution in [0.15, 0.2) is 122 Å². The molecule has 6 aromatic rings. The van der Waals surface area contributed by atoms with Gasteiger partial charge in [-0.3, -0.25) is 0 Å². The van der Waals surface area contributed by atoms with E-state index in [1.165, 1.54) is 9.13 Å². The highest BCUT2D eigenvalue weighted by Crippen LogP contribution is 2.20. The first-order valence-corrected chi connectivity index (χ1v) is 13.7. The second-order valence-corrected chi connectivity index (χ2v) is 10.4. The molecule has 6 nitrogen and oxygen atoms in total. The van der Waals surface area contributed by atoms with Crippen molar-refractivity contribution >= 4 is 45.2 Å². The van der Waals surface area contributed by atoms with Gasteiger partial charge in [0.1, 0.15) is 11.4 Å². The Morgan fingerprint density at radius 1 is 0.541 bits per heavy atom. The second-order valence-electron chi connectivity index (χ2n) is 8.12. The maximum Gasteiger partial charge on any atom is 0.113 e. The molecule has 0 aliphatic heterocycles. The standard InChI is InChI=1S/C15H12IN3.C14H10IN3/c16-14-9-5-4-8-13(14)10-19-11-15(17-18-19)12-6-2-1-3-7-12;15-12-8-4-5-9-14(12)18-10-13(16-17-18)11-6-2-1-3-7-11/h1-9,11H,10H2;1-10H. The van der Waals surface area contributed by atoms with Gasteiger partial charge in [0.15, 0.2) is 0 Å². The van der Waals surface area contributed by atoms with E-state index in [-0.39, 0.29) is 0 Å². The Bertz CT molecular complexity index is 1580. The average Bonchev–Trinajstić information content (AvgIpc) is 3.62. The van der Waals surface area contributed by atoms with Gasteiger partial charge in [-0.05, 0) is 68.9 Å². The molecule has 182 valence electrons. The molecule has 0 atom stereocenters. The van der Waals surface area contributed by atoms with Crippen molar-refractivity contribution in [3.05, 3.63) is 134 Å². The van der Waals surface area contributed by atoms with Crippen LogP contribution >= 0.6 is 45.2 Å². The minimum Gasteiger partial charge on any atom is -0.247 e. The third-order valence-corrected chi connectivity index (χ3v) is 7.53. The lowest BCUT2D eigenvalue weighted by Gasteiger charge is -2.03. The molecule has 0 bridgehead atoms. The van der Waals surface area contributed by atoms with Crippen molar-refractivity contribution in [2.75, 3.05) is 0 Å². The fourth-order valence-corrected chi connectivity index (χ4v) is 4.87. The van der Waals surface area contributed by atoms with Gasteiger partial charge in [0.05, 0.1) is 24.6 Å². The van der Waals surface area contributed by atoms with Crippen LogP contribution in [0.25, 0.3) is 28.2 Å². The molecular formula is C29H22I2N6. The lowest BCUT2D eigenvalue weighted by atomic mass is 10.2. The summed E-state index contributed by atoms with van der Waals surface area (Å²) in [6, 6.07) is 36.6. The summed E-state index contributed by atoms with van der Waals surface area (Å²) in [6.45, 7) is 0.749. The molecule has 0 aliphatic carbocycles. The number of benzene rings is 4. The van der Waals surface area contributed by atoms with Gasteiger partial charge in [-0.25, -0.2) is 9.36 Å². The van der Waals surface area contributed by atoms with Crippen LogP contribution in [0.3, 0.4) is 0 Å². The smallest absolute Gasteiger partial charge is 0.113 e. The highest BCUT2D eigenvalue weighted by molar-refractivity contribution is 14.1. The predicted octanol–water partition coefficient (Wildman–Crippen LogP) is 7.14. The van der Waals surface area contributed by atoms with E-state index in [1.54, 1.807) is 0 Å². The number of hydrogen-bond donors (Lipinski definition) is 0. The third kappa shape index (κ3) is 6.50. The Hall–Kier alpha value is -3.38. The van der Waals surface area contributed by atoms with Crippen LogP contribution in [-0.4, -0.2) is 30.0 Å². The number of rotatable bonds is 5. The van der Waals surface area contributed by atoms with Gasteiger partial charge in [0, 0.05) is 18.3 Å². The summed E-state index contributed by atoms with van der Waals surface area (Å²) in [4.78, 5) is 0. The molecule has 2 heterocycles. The maximum atomic E-state index is 4.22. The monoisotopic (exact) mass is 708 g/mol. The van der Waals surface area contributed by atoms with Crippen molar-refractivity contribution in [2.24, 2.45) is 0 Å². The molecule has 0 unspecified atom stereocenters. The first kappa shape index (κ1) is 25.3. The largest absolute Gasteiger partial charge is 0.247 e. The van der Waals surface area contributed by atoms with Gasteiger partial charge in [-0.1, -0.05) is 101 Å².